The van der Waals surface area contributed by atoms with Gasteiger partial charge in [0.05, 0.1) is 19.8 Å². The van der Waals surface area contributed by atoms with Crippen molar-refractivity contribution < 1.29 is 14.6 Å². The Kier molecular flexibility index (Phi) is 7.30. The highest BCUT2D eigenvalue weighted by molar-refractivity contribution is 5.40. The van der Waals surface area contributed by atoms with E-state index < -0.39 is 0 Å². The van der Waals surface area contributed by atoms with Crippen molar-refractivity contribution in [2.75, 3.05) is 20.3 Å². The molecule has 4 nitrogen and oxygen atoms in total. The second-order valence-corrected chi connectivity index (χ2v) is 4.64. The van der Waals surface area contributed by atoms with Crippen LogP contribution in [-0.4, -0.2) is 31.5 Å². The third kappa shape index (κ3) is 5.94. The first-order valence-electron chi connectivity index (χ1n) is 6.85. The molecule has 1 unspecified atom stereocenters. The summed E-state index contributed by atoms with van der Waals surface area (Å²) in [5.74, 6) is 1.61. The molecule has 1 rings (SSSR count). The summed E-state index contributed by atoms with van der Waals surface area (Å²) in [5, 5.41) is 12.6. The molecule has 0 aliphatic carbocycles. The molecule has 0 amide bonds. The van der Waals surface area contributed by atoms with E-state index in [1.165, 1.54) is 0 Å². The maximum Gasteiger partial charge on any atom is 0.127 e. The number of hydrogen-bond donors (Lipinski definition) is 2. The maximum absolute atomic E-state index is 9.26. The maximum atomic E-state index is 9.26. The average Bonchev–Trinajstić information content (AvgIpc) is 2.40. The Balaban J connectivity index is 2.65. The summed E-state index contributed by atoms with van der Waals surface area (Å²) in [6.45, 7) is 6.17. The van der Waals surface area contributed by atoms with Crippen LogP contribution in [0.2, 0.25) is 0 Å². The summed E-state index contributed by atoms with van der Waals surface area (Å²) in [6, 6.07) is 5.84. The van der Waals surface area contributed by atoms with Crippen LogP contribution in [0.25, 0.3) is 0 Å². The third-order valence-electron chi connectivity index (χ3n) is 2.81. The van der Waals surface area contributed by atoms with Gasteiger partial charge in [-0.15, -0.1) is 0 Å². The highest BCUT2D eigenvalue weighted by Gasteiger charge is 2.06. The standard InChI is InChI=1S/C15H25NO3/c1-4-8-16-11-13-5-6-14(18-3)10-15(13)19-9-7-12(2)17/h5-6,10,12,16-17H,4,7-9,11H2,1-3H3. The Morgan fingerprint density at radius 1 is 1.37 bits per heavy atom. The normalized spacial score (nSPS) is 12.2. The monoisotopic (exact) mass is 267 g/mol. The number of aliphatic hydroxyl groups excluding tert-OH is 1. The van der Waals surface area contributed by atoms with Gasteiger partial charge in [0.25, 0.3) is 0 Å². The molecule has 0 radical (unpaired) electrons. The smallest absolute Gasteiger partial charge is 0.127 e. The minimum atomic E-state index is -0.340. The zero-order chi connectivity index (χ0) is 14.1. The molecule has 19 heavy (non-hydrogen) atoms. The summed E-state index contributed by atoms with van der Waals surface area (Å²) in [4.78, 5) is 0. The van der Waals surface area contributed by atoms with Gasteiger partial charge in [-0.2, -0.15) is 0 Å². The molecule has 4 heteroatoms. The van der Waals surface area contributed by atoms with E-state index in [-0.39, 0.29) is 6.10 Å². The molecule has 2 N–H and O–H groups in total. The van der Waals surface area contributed by atoms with Gasteiger partial charge in [-0.1, -0.05) is 13.0 Å². The van der Waals surface area contributed by atoms with Crippen LogP contribution in [0.1, 0.15) is 32.3 Å². The molecule has 1 aromatic rings. The van der Waals surface area contributed by atoms with Gasteiger partial charge in [-0.25, -0.2) is 0 Å². The molecule has 0 fully saturated rings. The Hall–Kier alpha value is -1.26. The molecule has 0 aliphatic heterocycles. The lowest BCUT2D eigenvalue weighted by atomic mass is 10.2. The van der Waals surface area contributed by atoms with Crippen LogP contribution < -0.4 is 14.8 Å². The van der Waals surface area contributed by atoms with Crippen LogP contribution in [0.4, 0.5) is 0 Å². The molecule has 0 spiro atoms. The Morgan fingerprint density at radius 2 is 2.16 bits per heavy atom. The van der Waals surface area contributed by atoms with Crippen molar-refractivity contribution in [3.8, 4) is 11.5 Å². The highest BCUT2D eigenvalue weighted by atomic mass is 16.5. The zero-order valence-electron chi connectivity index (χ0n) is 12.1. The van der Waals surface area contributed by atoms with Gasteiger partial charge in [0, 0.05) is 24.6 Å². The topological polar surface area (TPSA) is 50.7 Å². The van der Waals surface area contributed by atoms with E-state index in [0.717, 1.165) is 36.6 Å². The summed E-state index contributed by atoms with van der Waals surface area (Å²) in [5.41, 5.74) is 1.11. The van der Waals surface area contributed by atoms with Crippen molar-refractivity contribution in [3.63, 3.8) is 0 Å². The highest BCUT2D eigenvalue weighted by Crippen LogP contribution is 2.25. The summed E-state index contributed by atoms with van der Waals surface area (Å²) < 4.78 is 11.0. The van der Waals surface area contributed by atoms with E-state index in [4.69, 9.17) is 9.47 Å². The Bertz CT molecular complexity index is 366. The minimum absolute atomic E-state index is 0.340. The summed E-state index contributed by atoms with van der Waals surface area (Å²) in [7, 11) is 1.64. The van der Waals surface area contributed by atoms with Crippen LogP contribution in [0.3, 0.4) is 0 Å². The molecule has 0 aromatic heterocycles. The number of benzene rings is 1. The van der Waals surface area contributed by atoms with Crippen LogP contribution in [0.5, 0.6) is 11.5 Å². The number of methoxy groups -OCH3 is 1. The van der Waals surface area contributed by atoms with Crippen molar-refractivity contribution in [2.45, 2.75) is 39.3 Å². The fraction of sp³-hybridized carbons (Fsp3) is 0.600. The lowest BCUT2D eigenvalue weighted by molar-refractivity contribution is 0.155. The fourth-order valence-corrected chi connectivity index (χ4v) is 1.68. The molecule has 1 atom stereocenters. The third-order valence-corrected chi connectivity index (χ3v) is 2.81. The molecule has 1 aromatic carbocycles. The van der Waals surface area contributed by atoms with E-state index in [1.54, 1.807) is 14.0 Å². The van der Waals surface area contributed by atoms with Crippen molar-refractivity contribution >= 4 is 0 Å². The second kappa shape index (κ2) is 8.77. The molecule has 0 bridgehead atoms. The van der Waals surface area contributed by atoms with E-state index in [2.05, 4.69) is 12.2 Å². The molecule has 0 heterocycles. The average molecular weight is 267 g/mol. The first kappa shape index (κ1) is 15.8. The van der Waals surface area contributed by atoms with Crippen molar-refractivity contribution in [1.82, 2.24) is 5.32 Å². The zero-order valence-corrected chi connectivity index (χ0v) is 12.1. The lowest BCUT2D eigenvalue weighted by Crippen LogP contribution is -2.15. The predicted octanol–water partition coefficient (Wildman–Crippen LogP) is 2.34. The van der Waals surface area contributed by atoms with Gasteiger partial charge < -0.3 is 19.9 Å². The van der Waals surface area contributed by atoms with Crippen molar-refractivity contribution in [3.05, 3.63) is 23.8 Å². The van der Waals surface area contributed by atoms with Gasteiger partial charge in [-0.3, -0.25) is 0 Å². The molecular weight excluding hydrogens is 242 g/mol. The van der Waals surface area contributed by atoms with Gasteiger partial charge in [0.15, 0.2) is 0 Å². The van der Waals surface area contributed by atoms with E-state index >= 15 is 0 Å². The number of nitrogens with one attached hydrogen (secondary N) is 1. The van der Waals surface area contributed by atoms with E-state index in [1.807, 2.05) is 18.2 Å². The Labute approximate surface area is 115 Å². The van der Waals surface area contributed by atoms with Crippen molar-refractivity contribution in [2.24, 2.45) is 0 Å². The van der Waals surface area contributed by atoms with Crippen LogP contribution in [0.15, 0.2) is 18.2 Å². The summed E-state index contributed by atoms with van der Waals surface area (Å²) in [6.07, 6.45) is 1.39. The number of ether oxygens (including phenoxy) is 2. The minimum Gasteiger partial charge on any atom is -0.497 e. The van der Waals surface area contributed by atoms with Crippen LogP contribution in [-0.2, 0) is 6.54 Å². The molecule has 0 aliphatic rings. The fourth-order valence-electron chi connectivity index (χ4n) is 1.68. The number of hydrogen-bond acceptors (Lipinski definition) is 4. The first-order valence-corrected chi connectivity index (χ1v) is 6.85. The van der Waals surface area contributed by atoms with Crippen molar-refractivity contribution in [1.29, 1.82) is 0 Å². The Morgan fingerprint density at radius 3 is 2.79 bits per heavy atom. The molecule has 108 valence electrons. The molecule has 0 saturated carbocycles. The van der Waals surface area contributed by atoms with E-state index in [9.17, 15) is 5.11 Å². The quantitative estimate of drug-likeness (QED) is 0.674. The van der Waals surface area contributed by atoms with Gasteiger partial charge in [0.2, 0.25) is 0 Å². The first-order chi connectivity index (χ1) is 9.17. The second-order valence-electron chi connectivity index (χ2n) is 4.64. The van der Waals surface area contributed by atoms with Gasteiger partial charge in [-0.05, 0) is 26.0 Å². The van der Waals surface area contributed by atoms with Crippen LogP contribution in [0, 0.1) is 0 Å². The van der Waals surface area contributed by atoms with E-state index in [0.29, 0.717) is 13.0 Å². The molecular formula is C15H25NO3. The number of aliphatic hydroxyl groups is 1. The summed E-state index contributed by atoms with van der Waals surface area (Å²) >= 11 is 0. The lowest BCUT2D eigenvalue weighted by Gasteiger charge is -2.14. The van der Waals surface area contributed by atoms with Gasteiger partial charge in [0.1, 0.15) is 11.5 Å². The largest absolute Gasteiger partial charge is 0.497 e. The van der Waals surface area contributed by atoms with Gasteiger partial charge >= 0.3 is 0 Å². The number of rotatable bonds is 9. The predicted molar refractivity (Wildman–Crippen MR) is 76.8 cm³/mol. The molecule has 0 saturated heterocycles. The van der Waals surface area contributed by atoms with Crippen LogP contribution >= 0.6 is 0 Å². The SMILES string of the molecule is CCCNCc1ccc(OC)cc1OCCC(C)O.